The summed E-state index contributed by atoms with van der Waals surface area (Å²) in [5.74, 6) is 0. The fourth-order valence-corrected chi connectivity index (χ4v) is 14.8. The molecule has 3 aliphatic heterocycles. The molecule has 8 aromatic rings. The summed E-state index contributed by atoms with van der Waals surface area (Å²) in [7, 11) is -7.11. The van der Waals surface area contributed by atoms with Crippen molar-refractivity contribution in [2.24, 2.45) is 0 Å². The van der Waals surface area contributed by atoms with E-state index in [2.05, 4.69) is 33.8 Å². The van der Waals surface area contributed by atoms with Crippen LogP contribution in [0, 0.1) is 0 Å². The van der Waals surface area contributed by atoms with Crippen molar-refractivity contribution < 1.29 is 18.4 Å². The Bertz CT molecular complexity index is 2950. The number of hydrogen-bond donors (Lipinski definition) is 0. The van der Waals surface area contributed by atoms with E-state index >= 15 is 4.57 Å². The van der Waals surface area contributed by atoms with Crippen molar-refractivity contribution in [1.82, 2.24) is 0 Å². The first-order chi connectivity index (χ1) is 31.5. The van der Waals surface area contributed by atoms with Gasteiger partial charge in [-0.1, -0.05) is 127 Å². The second-order valence-electron chi connectivity index (χ2n) is 17.2. The minimum atomic E-state index is -3.39. The molecule has 0 amide bonds. The Labute approximate surface area is 382 Å². The number of fused-ring (bicyclic) bond motifs is 2. The minimum Gasteiger partial charge on any atom is -0.399 e. The van der Waals surface area contributed by atoms with Gasteiger partial charge in [0.15, 0.2) is 0 Å². The van der Waals surface area contributed by atoms with Gasteiger partial charge in [0.25, 0.3) is 0 Å². The maximum absolute atomic E-state index is 15.6. The number of rotatable bonds is 7. The molecule has 1 fully saturated rings. The third kappa shape index (κ3) is 7.20. The quantitative estimate of drug-likeness (QED) is 0.116. The van der Waals surface area contributed by atoms with Crippen LogP contribution in [0.1, 0.15) is 27.7 Å². The smallest absolute Gasteiger partial charge is 0.399 e. The standard InChI is InChI=1S/C30H30BN2O3P.C24H19N2OP/c1-29(2)30(3,4)36-31(35-29)23-20-21-27-28(22-23)33(25-16-10-6-11-17-25)37(34,26-18-12-7-13-19-26)32(27)24-14-8-5-9-15-24;27-28(22-16-8-3-9-17-22)25(20-12-4-1-5-13-20)23-18-10-11-19-24(23)26(28)21-14-6-2-7-15-21/h5-22H,1-4H3;1-19H. The summed E-state index contributed by atoms with van der Waals surface area (Å²) in [6, 6.07) is 73.6. The zero-order chi connectivity index (χ0) is 44.8. The first-order valence-electron chi connectivity index (χ1n) is 21.8. The zero-order valence-electron chi connectivity index (χ0n) is 36.8. The largest absolute Gasteiger partial charge is 0.494 e. The van der Waals surface area contributed by atoms with Crippen molar-refractivity contribution in [2.75, 3.05) is 18.7 Å². The molecule has 65 heavy (non-hydrogen) atoms. The van der Waals surface area contributed by atoms with Gasteiger partial charge < -0.3 is 9.31 Å². The van der Waals surface area contributed by atoms with Crippen LogP contribution in [0.15, 0.2) is 224 Å². The number of hydrogen-bond acceptors (Lipinski definition) is 4. The molecular formula is C54H49BN4O4P2. The molecule has 3 aliphatic rings. The van der Waals surface area contributed by atoms with Gasteiger partial charge >= 0.3 is 22.0 Å². The molecule has 0 aliphatic carbocycles. The molecule has 11 heteroatoms. The highest BCUT2D eigenvalue weighted by Crippen LogP contribution is 2.71. The molecule has 0 radical (unpaired) electrons. The Morgan fingerprint density at radius 3 is 0.969 bits per heavy atom. The Hall–Kier alpha value is -6.60. The maximum atomic E-state index is 15.6. The lowest BCUT2D eigenvalue weighted by Crippen LogP contribution is -2.41. The van der Waals surface area contributed by atoms with E-state index in [9.17, 15) is 4.57 Å². The van der Waals surface area contributed by atoms with Gasteiger partial charge in [-0.25, -0.2) is 0 Å². The van der Waals surface area contributed by atoms with Gasteiger partial charge in [-0.05, 0) is 130 Å². The molecule has 322 valence electrons. The number of para-hydroxylation sites is 6. The first-order valence-corrected chi connectivity index (χ1v) is 25.1. The molecule has 0 saturated carbocycles. The van der Waals surface area contributed by atoms with Crippen molar-refractivity contribution in [2.45, 2.75) is 38.9 Å². The summed E-state index contributed by atoms with van der Waals surface area (Å²) in [5, 5.41) is 1.56. The fraction of sp³-hybridized carbons (Fsp3) is 0.111. The molecule has 11 rings (SSSR count). The van der Waals surface area contributed by atoms with Gasteiger partial charge in [0.2, 0.25) is 0 Å². The van der Waals surface area contributed by atoms with Crippen molar-refractivity contribution in [3.05, 3.63) is 224 Å². The third-order valence-corrected chi connectivity index (χ3v) is 18.5. The average Bonchev–Trinajstić information content (AvgIpc) is 3.87. The molecule has 1 saturated heterocycles. The van der Waals surface area contributed by atoms with E-state index in [-0.39, 0.29) is 0 Å². The Balaban J connectivity index is 0.000000159. The number of nitrogens with zero attached hydrogens (tertiary/aromatic N) is 4. The van der Waals surface area contributed by atoms with Crippen molar-refractivity contribution in [3.8, 4) is 0 Å². The summed E-state index contributed by atoms with van der Waals surface area (Å²) in [6.45, 7) is 8.21. The average molecular weight is 891 g/mol. The molecule has 8 nitrogen and oxygen atoms in total. The van der Waals surface area contributed by atoms with Gasteiger partial charge in [-0.15, -0.1) is 0 Å². The van der Waals surface area contributed by atoms with E-state index in [1.807, 2.05) is 237 Å². The Morgan fingerprint density at radius 2 is 0.631 bits per heavy atom. The van der Waals surface area contributed by atoms with E-state index in [0.717, 1.165) is 61.6 Å². The van der Waals surface area contributed by atoms with Crippen LogP contribution in [0.4, 0.5) is 45.5 Å². The number of anilines is 8. The lowest BCUT2D eigenvalue weighted by Gasteiger charge is -2.33. The topological polar surface area (TPSA) is 65.6 Å². The molecule has 8 aromatic carbocycles. The summed E-state index contributed by atoms with van der Waals surface area (Å²) in [5.41, 5.74) is 7.19. The molecule has 3 heterocycles. The van der Waals surface area contributed by atoms with E-state index in [1.165, 1.54) is 0 Å². The summed E-state index contributed by atoms with van der Waals surface area (Å²) >= 11 is 0. The van der Waals surface area contributed by atoms with Crippen molar-refractivity contribution in [1.29, 1.82) is 0 Å². The SMILES string of the molecule is CC1(C)OB(c2ccc3c(c2)N(c2ccccc2)P(=O)(c2ccccc2)N3c2ccccc2)OC1(C)C.O=P1(c2ccccc2)N(c2ccccc2)c2ccccc2N1c1ccccc1. The highest BCUT2D eigenvalue weighted by Gasteiger charge is 2.54. The van der Waals surface area contributed by atoms with Crippen LogP contribution >= 0.6 is 14.9 Å². The van der Waals surface area contributed by atoms with E-state index in [4.69, 9.17) is 9.31 Å². The van der Waals surface area contributed by atoms with E-state index < -0.39 is 33.2 Å². The zero-order valence-corrected chi connectivity index (χ0v) is 38.5. The highest BCUT2D eigenvalue weighted by molar-refractivity contribution is 7.76. The second kappa shape index (κ2) is 16.8. The highest BCUT2D eigenvalue weighted by atomic mass is 31.2. The molecule has 0 N–H and O–H groups in total. The van der Waals surface area contributed by atoms with Gasteiger partial charge in [-0.3, -0.25) is 27.8 Å². The molecule has 0 bridgehead atoms. The lowest BCUT2D eigenvalue weighted by molar-refractivity contribution is 0.00578. The van der Waals surface area contributed by atoms with Gasteiger partial charge in [0.05, 0.1) is 44.6 Å². The summed E-state index contributed by atoms with van der Waals surface area (Å²) in [4.78, 5) is 0. The van der Waals surface area contributed by atoms with Crippen LogP contribution in [0.2, 0.25) is 0 Å². The van der Waals surface area contributed by atoms with Crippen LogP contribution in [0.25, 0.3) is 0 Å². The normalized spacial score (nSPS) is 18.7. The maximum Gasteiger partial charge on any atom is 0.494 e. The van der Waals surface area contributed by atoms with Crippen LogP contribution in [-0.2, 0) is 18.4 Å². The fourth-order valence-electron chi connectivity index (χ4n) is 8.77. The molecule has 1 unspecified atom stereocenters. The molecule has 1 atom stereocenters. The van der Waals surface area contributed by atoms with Crippen LogP contribution in [-0.4, -0.2) is 18.3 Å². The van der Waals surface area contributed by atoms with E-state index in [1.54, 1.807) is 0 Å². The van der Waals surface area contributed by atoms with Gasteiger partial charge in [0, 0.05) is 22.7 Å². The van der Waals surface area contributed by atoms with Crippen LogP contribution in [0.3, 0.4) is 0 Å². The first kappa shape index (κ1) is 42.4. The molecule has 0 spiro atoms. The van der Waals surface area contributed by atoms with E-state index in [0.29, 0.717) is 0 Å². The third-order valence-electron chi connectivity index (χ3n) is 12.6. The monoisotopic (exact) mass is 890 g/mol. The van der Waals surface area contributed by atoms with Crippen molar-refractivity contribution >= 4 is 83.6 Å². The Kier molecular flexibility index (Phi) is 10.9. The van der Waals surface area contributed by atoms with Crippen LogP contribution in [0.5, 0.6) is 0 Å². The molecular weight excluding hydrogens is 841 g/mol. The van der Waals surface area contributed by atoms with Gasteiger partial charge in [0.1, 0.15) is 0 Å². The van der Waals surface area contributed by atoms with Gasteiger partial charge in [-0.2, -0.15) is 0 Å². The number of benzene rings is 8. The summed E-state index contributed by atoms with van der Waals surface area (Å²) < 4.78 is 51.3. The summed E-state index contributed by atoms with van der Waals surface area (Å²) in [6.07, 6.45) is 0. The van der Waals surface area contributed by atoms with Crippen LogP contribution < -0.4 is 34.8 Å². The Morgan fingerprint density at radius 1 is 0.354 bits per heavy atom. The predicted octanol–water partition coefficient (Wildman–Crippen LogP) is 13.3. The predicted molar refractivity (Wildman–Crippen MR) is 270 cm³/mol. The van der Waals surface area contributed by atoms with Crippen molar-refractivity contribution in [3.63, 3.8) is 0 Å². The second-order valence-corrected chi connectivity index (χ2v) is 22.0. The lowest BCUT2D eigenvalue weighted by atomic mass is 9.78. The molecule has 0 aromatic heterocycles. The minimum absolute atomic E-state index is 0.453.